The summed E-state index contributed by atoms with van der Waals surface area (Å²) < 4.78 is 5.62. The number of likely N-dealkylation sites (N-methyl/N-ethyl adjacent to an activating group) is 1. The van der Waals surface area contributed by atoms with Gasteiger partial charge in [-0.1, -0.05) is 62.4 Å². The second kappa shape index (κ2) is 9.87. The predicted molar refractivity (Wildman–Crippen MR) is 130 cm³/mol. The fourth-order valence-electron chi connectivity index (χ4n) is 4.63. The number of hydrogen-bond acceptors (Lipinski definition) is 4. The normalized spacial score (nSPS) is 14.7. The molecule has 34 heavy (non-hydrogen) atoms. The van der Waals surface area contributed by atoms with Gasteiger partial charge in [0, 0.05) is 19.0 Å². The third kappa shape index (κ3) is 4.79. The second-order valence-corrected chi connectivity index (χ2v) is 9.79. The maximum Gasteiger partial charge on any atom is 0.407 e. The number of nitrogens with zero attached hydrogens (tertiary/aromatic N) is 1. The van der Waals surface area contributed by atoms with Crippen molar-refractivity contribution in [3.05, 3.63) is 59.7 Å². The van der Waals surface area contributed by atoms with Crippen molar-refractivity contribution in [2.75, 3.05) is 13.7 Å². The second-order valence-electron chi connectivity index (χ2n) is 9.79. The van der Waals surface area contributed by atoms with Gasteiger partial charge in [-0.3, -0.25) is 4.79 Å². The van der Waals surface area contributed by atoms with E-state index < -0.39 is 29.6 Å². The number of carboxylic acid groups (broad SMARTS) is 1. The van der Waals surface area contributed by atoms with Crippen LogP contribution in [0.3, 0.4) is 0 Å². The van der Waals surface area contributed by atoms with Gasteiger partial charge in [0.05, 0.1) is 5.92 Å². The van der Waals surface area contributed by atoms with Crippen molar-refractivity contribution in [2.24, 2.45) is 11.8 Å². The number of rotatable bonds is 8. The van der Waals surface area contributed by atoms with Crippen LogP contribution < -0.4 is 5.32 Å². The van der Waals surface area contributed by atoms with E-state index in [1.165, 1.54) is 25.8 Å². The Morgan fingerprint density at radius 1 is 1.00 bits per heavy atom. The van der Waals surface area contributed by atoms with Crippen molar-refractivity contribution in [3.8, 4) is 11.1 Å². The zero-order valence-corrected chi connectivity index (χ0v) is 20.7. The summed E-state index contributed by atoms with van der Waals surface area (Å²) in [4.78, 5) is 38.7. The molecule has 2 unspecified atom stereocenters. The number of fused-ring (bicyclic) bond motifs is 3. The molecule has 2 atom stereocenters. The van der Waals surface area contributed by atoms with Gasteiger partial charge in [0.25, 0.3) is 0 Å². The molecule has 182 valence electrons. The highest BCUT2D eigenvalue weighted by atomic mass is 16.5. The first-order valence-electron chi connectivity index (χ1n) is 11.6. The lowest BCUT2D eigenvalue weighted by atomic mass is 9.86. The van der Waals surface area contributed by atoms with Gasteiger partial charge in [0.1, 0.15) is 12.1 Å². The lowest BCUT2D eigenvalue weighted by Gasteiger charge is -2.37. The Hall–Kier alpha value is -3.35. The molecule has 0 fully saturated rings. The minimum Gasteiger partial charge on any atom is -0.480 e. The Kier molecular flexibility index (Phi) is 7.34. The monoisotopic (exact) mass is 466 g/mol. The fourth-order valence-corrected chi connectivity index (χ4v) is 4.63. The number of carboxylic acids is 1. The Bertz CT molecular complexity index is 1030. The highest BCUT2D eigenvalue weighted by Crippen LogP contribution is 2.44. The minimum absolute atomic E-state index is 0.0570. The standard InChI is InChI=1S/C27H34N2O5/c1-16(2)23(24(30)29(6)27(4,5)25(31)32)17(3)28-26(33)34-15-22-20-13-9-7-11-18(20)19-12-8-10-14-21(19)22/h7-14,16-17,22-23H,15H2,1-6H3,(H,28,33)(H,31,32). The van der Waals surface area contributed by atoms with Crippen LogP contribution in [0.15, 0.2) is 48.5 Å². The highest BCUT2D eigenvalue weighted by molar-refractivity contribution is 5.88. The predicted octanol–water partition coefficient (Wildman–Crippen LogP) is 4.51. The fraction of sp³-hybridized carbons (Fsp3) is 0.444. The maximum absolute atomic E-state index is 13.2. The van der Waals surface area contributed by atoms with Gasteiger partial charge in [-0.05, 0) is 48.9 Å². The number of nitrogens with one attached hydrogen (secondary N) is 1. The van der Waals surface area contributed by atoms with Gasteiger partial charge >= 0.3 is 12.1 Å². The number of ether oxygens (including phenoxy) is 1. The molecule has 2 aromatic carbocycles. The molecule has 0 saturated carbocycles. The molecule has 0 saturated heterocycles. The molecule has 1 aliphatic rings. The Labute approximate surface area is 201 Å². The van der Waals surface area contributed by atoms with Crippen molar-refractivity contribution in [1.82, 2.24) is 10.2 Å². The smallest absolute Gasteiger partial charge is 0.407 e. The number of carbonyl (C=O) groups is 3. The molecule has 7 heteroatoms. The van der Waals surface area contributed by atoms with Crippen molar-refractivity contribution in [3.63, 3.8) is 0 Å². The summed E-state index contributed by atoms with van der Waals surface area (Å²) in [5, 5.41) is 12.3. The summed E-state index contributed by atoms with van der Waals surface area (Å²) in [7, 11) is 1.48. The van der Waals surface area contributed by atoms with Gasteiger partial charge in [-0.15, -0.1) is 0 Å². The summed E-state index contributed by atoms with van der Waals surface area (Å²) in [6.07, 6.45) is -0.604. The highest BCUT2D eigenvalue weighted by Gasteiger charge is 2.41. The molecule has 2 aromatic rings. The summed E-state index contributed by atoms with van der Waals surface area (Å²) in [6, 6.07) is 15.7. The van der Waals surface area contributed by atoms with Crippen molar-refractivity contribution in [1.29, 1.82) is 0 Å². The van der Waals surface area contributed by atoms with Crippen molar-refractivity contribution >= 4 is 18.0 Å². The molecular weight excluding hydrogens is 432 g/mol. The van der Waals surface area contributed by atoms with E-state index in [2.05, 4.69) is 29.6 Å². The summed E-state index contributed by atoms with van der Waals surface area (Å²) in [5.41, 5.74) is 3.17. The summed E-state index contributed by atoms with van der Waals surface area (Å²) in [5.74, 6) is -2.22. The van der Waals surface area contributed by atoms with Gasteiger partial charge in [0.15, 0.2) is 0 Å². The lowest BCUT2D eigenvalue weighted by molar-refractivity contribution is -0.158. The van der Waals surface area contributed by atoms with Gasteiger partial charge in [-0.2, -0.15) is 0 Å². The number of carbonyl (C=O) groups excluding carboxylic acids is 2. The lowest BCUT2D eigenvalue weighted by Crippen LogP contribution is -2.56. The molecule has 2 N–H and O–H groups in total. The third-order valence-corrected chi connectivity index (χ3v) is 6.92. The van der Waals surface area contributed by atoms with Crippen LogP contribution in [0.25, 0.3) is 11.1 Å². The molecule has 2 amide bonds. The van der Waals surface area contributed by atoms with E-state index in [9.17, 15) is 19.5 Å². The maximum atomic E-state index is 13.2. The van der Waals surface area contributed by atoms with E-state index in [1.807, 2.05) is 38.1 Å². The van der Waals surface area contributed by atoms with E-state index in [4.69, 9.17) is 4.74 Å². The Balaban J connectivity index is 1.68. The van der Waals surface area contributed by atoms with E-state index in [0.717, 1.165) is 22.3 Å². The molecule has 0 spiro atoms. The average molecular weight is 467 g/mol. The first-order chi connectivity index (χ1) is 16.0. The van der Waals surface area contributed by atoms with Crippen LogP contribution in [0, 0.1) is 11.8 Å². The minimum atomic E-state index is -1.37. The average Bonchev–Trinajstić information content (AvgIpc) is 3.10. The van der Waals surface area contributed by atoms with Crippen LogP contribution in [0.1, 0.15) is 51.7 Å². The summed E-state index contributed by atoms with van der Waals surface area (Å²) in [6.45, 7) is 8.63. The topological polar surface area (TPSA) is 95.9 Å². The van der Waals surface area contributed by atoms with E-state index >= 15 is 0 Å². The number of alkyl carbamates (subject to hydrolysis) is 1. The molecule has 7 nitrogen and oxygen atoms in total. The van der Waals surface area contributed by atoms with Crippen LogP contribution in [0.2, 0.25) is 0 Å². The molecule has 0 aliphatic heterocycles. The SMILES string of the molecule is CC(C)C(C(=O)N(C)C(C)(C)C(=O)O)C(C)NC(=O)OCC1c2ccccc2-c2ccccc21. The van der Waals surface area contributed by atoms with E-state index in [0.29, 0.717) is 0 Å². The Morgan fingerprint density at radius 2 is 1.50 bits per heavy atom. The van der Waals surface area contributed by atoms with Gasteiger partial charge in [0.2, 0.25) is 5.91 Å². The van der Waals surface area contributed by atoms with Gasteiger partial charge in [-0.25, -0.2) is 9.59 Å². The van der Waals surface area contributed by atoms with Crippen LogP contribution in [0.5, 0.6) is 0 Å². The molecule has 0 heterocycles. The molecule has 0 radical (unpaired) electrons. The quantitative estimate of drug-likeness (QED) is 0.597. The van der Waals surface area contributed by atoms with Gasteiger partial charge < -0.3 is 20.1 Å². The zero-order chi connectivity index (χ0) is 25.2. The van der Waals surface area contributed by atoms with Crippen LogP contribution >= 0.6 is 0 Å². The summed E-state index contributed by atoms with van der Waals surface area (Å²) >= 11 is 0. The third-order valence-electron chi connectivity index (χ3n) is 6.92. The number of amides is 2. The zero-order valence-electron chi connectivity index (χ0n) is 20.7. The van der Waals surface area contributed by atoms with Crippen LogP contribution in [0.4, 0.5) is 4.79 Å². The molecule has 0 bridgehead atoms. The van der Waals surface area contributed by atoms with E-state index in [1.54, 1.807) is 6.92 Å². The number of aliphatic carboxylic acids is 1. The number of hydrogen-bond donors (Lipinski definition) is 2. The molecular formula is C27H34N2O5. The largest absolute Gasteiger partial charge is 0.480 e. The van der Waals surface area contributed by atoms with Crippen molar-refractivity contribution in [2.45, 2.75) is 52.1 Å². The van der Waals surface area contributed by atoms with Crippen molar-refractivity contribution < 1.29 is 24.2 Å². The Morgan fingerprint density at radius 3 is 1.97 bits per heavy atom. The molecule has 3 rings (SSSR count). The van der Waals surface area contributed by atoms with E-state index in [-0.39, 0.29) is 24.3 Å². The first-order valence-corrected chi connectivity index (χ1v) is 11.6. The van der Waals surface area contributed by atoms with Crippen LogP contribution in [-0.4, -0.2) is 53.2 Å². The first kappa shape index (κ1) is 25.3. The van der Waals surface area contributed by atoms with Crippen LogP contribution in [-0.2, 0) is 14.3 Å². The molecule has 0 aromatic heterocycles. The molecule has 1 aliphatic carbocycles. The number of benzene rings is 2.